The summed E-state index contributed by atoms with van der Waals surface area (Å²) in [7, 11) is 1.65. The summed E-state index contributed by atoms with van der Waals surface area (Å²) in [5, 5.41) is 10.3. The van der Waals surface area contributed by atoms with E-state index in [1.54, 1.807) is 18.4 Å². The third-order valence-electron chi connectivity index (χ3n) is 3.22. The zero-order chi connectivity index (χ0) is 12.4. The maximum atomic E-state index is 9.32. The molecule has 0 bridgehead atoms. The second-order valence-electron chi connectivity index (χ2n) is 4.80. The molecular formula is C12H20N2O2S. The highest BCUT2D eigenvalue weighted by atomic mass is 32.1. The molecule has 1 aliphatic heterocycles. The van der Waals surface area contributed by atoms with Crippen LogP contribution in [-0.2, 0) is 18.0 Å². The minimum absolute atomic E-state index is 0.0497. The molecule has 2 heterocycles. The molecule has 2 rings (SSSR count). The Kier molecular flexibility index (Phi) is 4.01. The highest BCUT2D eigenvalue weighted by Crippen LogP contribution is 2.33. The number of ether oxygens (including phenoxy) is 1. The van der Waals surface area contributed by atoms with Gasteiger partial charge in [-0.25, -0.2) is 4.98 Å². The first kappa shape index (κ1) is 12.8. The Morgan fingerprint density at radius 1 is 1.53 bits per heavy atom. The molecule has 0 spiro atoms. The Labute approximate surface area is 106 Å². The zero-order valence-electron chi connectivity index (χ0n) is 10.6. The van der Waals surface area contributed by atoms with Gasteiger partial charge in [0.05, 0.1) is 23.8 Å². The van der Waals surface area contributed by atoms with Crippen LogP contribution in [-0.4, -0.2) is 29.8 Å². The molecule has 1 aromatic heterocycles. The van der Waals surface area contributed by atoms with Gasteiger partial charge in [-0.2, -0.15) is 0 Å². The van der Waals surface area contributed by atoms with Crippen molar-refractivity contribution in [1.82, 2.24) is 4.98 Å². The van der Waals surface area contributed by atoms with E-state index >= 15 is 0 Å². The van der Waals surface area contributed by atoms with Gasteiger partial charge in [0.25, 0.3) is 0 Å². The van der Waals surface area contributed by atoms with Gasteiger partial charge in [-0.05, 0) is 19.3 Å². The molecule has 0 aromatic carbocycles. The molecule has 1 aromatic rings. The van der Waals surface area contributed by atoms with Crippen molar-refractivity contribution < 1.29 is 9.84 Å². The normalized spacial score (nSPS) is 24.6. The molecule has 0 amide bonds. The summed E-state index contributed by atoms with van der Waals surface area (Å²) in [5.74, 6) is 0.720. The van der Waals surface area contributed by atoms with E-state index in [0.717, 1.165) is 28.2 Å². The van der Waals surface area contributed by atoms with Crippen molar-refractivity contribution in [2.45, 2.75) is 39.5 Å². The number of hydrogen-bond donors (Lipinski definition) is 1. The van der Waals surface area contributed by atoms with Crippen LogP contribution in [0.4, 0.5) is 5.13 Å². The fourth-order valence-corrected chi connectivity index (χ4v) is 3.47. The Bertz CT molecular complexity index is 381. The topological polar surface area (TPSA) is 45.6 Å². The smallest absolute Gasteiger partial charge is 0.186 e. The lowest BCUT2D eigenvalue weighted by atomic mass is 10.1. The molecule has 5 heteroatoms. The SMILES string of the molecule is COCc1nc(N2CC(C)CC2C)sc1CO. The van der Waals surface area contributed by atoms with Crippen LogP contribution in [0.3, 0.4) is 0 Å². The summed E-state index contributed by atoms with van der Waals surface area (Å²) >= 11 is 1.59. The van der Waals surface area contributed by atoms with Crippen molar-refractivity contribution in [3.63, 3.8) is 0 Å². The molecule has 2 unspecified atom stereocenters. The van der Waals surface area contributed by atoms with Gasteiger partial charge in [0.1, 0.15) is 0 Å². The third kappa shape index (κ3) is 2.61. The fraction of sp³-hybridized carbons (Fsp3) is 0.750. The molecule has 0 saturated carbocycles. The Hall–Kier alpha value is -0.650. The predicted octanol–water partition coefficient (Wildman–Crippen LogP) is 2.02. The maximum absolute atomic E-state index is 9.32. The van der Waals surface area contributed by atoms with Crippen molar-refractivity contribution in [2.75, 3.05) is 18.6 Å². The van der Waals surface area contributed by atoms with Crippen LogP contribution in [0.2, 0.25) is 0 Å². The molecule has 0 aliphatic carbocycles. The van der Waals surface area contributed by atoms with Gasteiger partial charge < -0.3 is 14.7 Å². The van der Waals surface area contributed by atoms with Gasteiger partial charge in [-0.3, -0.25) is 0 Å². The monoisotopic (exact) mass is 256 g/mol. The second kappa shape index (κ2) is 5.33. The van der Waals surface area contributed by atoms with E-state index in [1.807, 2.05) is 0 Å². The standard InChI is InChI=1S/C12H20N2O2S/c1-8-4-9(2)14(5-8)12-13-10(7-16-3)11(6-15)17-12/h8-9,15H,4-7H2,1-3H3. The molecule has 1 saturated heterocycles. The minimum atomic E-state index is 0.0497. The van der Waals surface area contributed by atoms with Crippen LogP contribution in [0.25, 0.3) is 0 Å². The Morgan fingerprint density at radius 3 is 2.82 bits per heavy atom. The number of thiazole rings is 1. The second-order valence-corrected chi connectivity index (χ2v) is 5.86. The number of hydrogen-bond acceptors (Lipinski definition) is 5. The summed E-state index contributed by atoms with van der Waals surface area (Å²) in [5.41, 5.74) is 0.877. The first-order valence-corrected chi connectivity index (χ1v) is 6.82. The van der Waals surface area contributed by atoms with Crippen LogP contribution < -0.4 is 4.90 Å². The van der Waals surface area contributed by atoms with Gasteiger partial charge >= 0.3 is 0 Å². The molecule has 0 radical (unpaired) electrons. The van der Waals surface area contributed by atoms with E-state index in [4.69, 9.17) is 4.74 Å². The number of rotatable bonds is 4. The van der Waals surface area contributed by atoms with Crippen molar-refractivity contribution in [2.24, 2.45) is 5.92 Å². The highest BCUT2D eigenvalue weighted by Gasteiger charge is 2.29. The van der Waals surface area contributed by atoms with E-state index < -0.39 is 0 Å². The molecular weight excluding hydrogens is 236 g/mol. The van der Waals surface area contributed by atoms with Crippen LogP contribution in [0.5, 0.6) is 0 Å². The highest BCUT2D eigenvalue weighted by molar-refractivity contribution is 7.15. The van der Waals surface area contributed by atoms with Crippen LogP contribution in [0.15, 0.2) is 0 Å². The van der Waals surface area contributed by atoms with Crippen molar-refractivity contribution in [1.29, 1.82) is 0 Å². The molecule has 2 atom stereocenters. The van der Waals surface area contributed by atoms with Gasteiger partial charge in [0.15, 0.2) is 5.13 Å². The lowest BCUT2D eigenvalue weighted by Gasteiger charge is -2.19. The first-order valence-electron chi connectivity index (χ1n) is 6.00. The Morgan fingerprint density at radius 2 is 2.29 bits per heavy atom. The average molecular weight is 256 g/mol. The molecule has 1 aliphatic rings. The molecule has 1 N–H and O–H groups in total. The van der Waals surface area contributed by atoms with Gasteiger partial charge in [0.2, 0.25) is 0 Å². The van der Waals surface area contributed by atoms with E-state index in [9.17, 15) is 5.11 Å². The van der Waals surface area contributed by atoms with E-state index in [1.165, 1.54) is 6.42 Å². The number of nitrogens with zero attached hydrogens (tertiary/aromatic N) is 2. The summed E-state index contributed by atoms with van der Waals surface area (Å²) in [4.78, 5) is 7.86. The lowest BCUT2D eigenvalue weighted by Crippen LogP contribution is -2.26. The molecule has 17 heavy (non-hydrogen) atoms. The fourth-order valence-electron chi connectivity index (χ4n) is 2.43. The number of methoxy groups -OCH3 is 1. The molecule has 96 valence electrons. The number of aromatic nitrogens is 1. The lowest BCUT2D eigenvalue weighted by molar-refractivity contribution is 0.179. The van der Waals surface area contributed by atoms with Crippen LogP contribution in [0.1, 0.15) is 30.8 Å². The van der Waals surface area contributed by atoms with Crippen molar-refractivity contribution in [3.05, 3.63) is 10.6 Å². The minimum Gasteiger partial charge on any atom is -0.391 e. The summed E-state index contributed by atoms with van der Waals surface area (Å²) < 4.78 is 5.11. The predicted molar refractivity (Wildman–Crippen MR) is 69.3 cm³/mol. The summed E-state index contributed by atoms with van der Waals surface area (Å²) in [6.45, 7) is 6.09. The van der Waals surface area contributed by atoms with Crippen LogP contribution >= 0.6 is 11.3 Å². The van der Waals surface area contributed by atoms with Crippen molar-refractivity contribution >= 4 is 16.5 Å². The third-order valence-corrected chi connectivity index (χ3v) is 4.34. The summed E-state index contributed by atoms with van der Waals surface area (Å²) in [6.07, 6.45) is 1.22. The Balaban J connectivity index is 2.21. The van der Waals surface area contributed by atoms with E-state index in [2.05, 4.69) is 23.7 Å². The van der Waals surface area contributed by atoms with E-state index in [0.29, 0.717) is 12.6 Å². The average Bonchev–Trinajstić information content (AvgIpc) is 2.82. The first-order chi connectivity index (χ1) is 8.15. The largest absolute Gasteiger partial charge is 0.391 e. The van der Waals surface area contributed by atoms with Crippen molar-refractivity contribution in [3.8, 4) is 0 Å². The van der Waals surface area contributed by atoms with E-state index in [-0.39, 0.29) is 6.61 Å². The van der Waals surface area contributed by atoms with Gasteiger partial charge in [0, 0.05) is 19.7 Å². The number of aliphatic hydroxyl groups is 1. The molecule has 4 nitrogen and oxygen atoms in total. The molecule has 1 fully saturated rings. The zero-order valence-corrected chi connectivity index (χ0v) is 11.5. The maximum Gasteiger partial charge on any atom is 0.186 e. The van der Waals surface area contributed by atoms with Gasteiger partial charge in [-0.1, -0.05) is 18.3 Å². The number of aliphatic hydroxyl groups excluding tert-OH is 1. The van der Waals surface area contributed by atoms with Gasteiger partial charge in [-0.15, -0.1) is 0 Å². The van der Waals surface area contributed by atoms with Crippen LogP contribution in [0, 0.1) is 5.92 Å². The number of anilines is 1. The quantitative estimate of drug-likeness (QED) is 0.895. The summed E-state index contributed by atoms with van der Waals surface area (Å²) in [6, 6.07) is 0.540.